The SMILES string of the molecule is CCC(N)C(N(C)C(C)CC#N)C(C)(C)C. The minimum Gasteiger partial charge on any atom is -0.326 e. The van der Waals surface area contributed by atoms with Crippen LogP contribution in [0, 0.1) is 16.7 Å². The van der Waals surface area contributed by atoms with E-state index in [0.29, 0.717) is 12.5 Å². The molecule has 0 heterocycles. The van der Waals surface area contributed by atoms with Gasteiger partial charge in [-0.2, -0.15) is 5.26 Å². The third-order valence-electron chi connectivity index (χ3n) is 3.28. The number of hydrogen-bond acceptors (Lipinski definition) is 3. The van der Waals surface area contributed by atoms with Crippen molar-refractivity contribution in [3.05, 3.63) is 0 Å². The van der Waals surface area contributed by atoms with Gasteiger partial charge in [-0.25, -0.2) is 0 Å². The van der Waals surface area contributed by atoms with Crippen LogP contribution in [0.25, 0.3) is 0 Å². The highest BCUT2D eigenvalue weighted by Crippen LogP contribution is 2.28. The van der Waals surface area contributed by atoms with E-state index in [1.54, 1.807) is 0 Å². The van der Waals surface area contributed by atoms with Crippen molar-refractivity contribution in [2.45, 2.75) is 65.6 Å². The Balaban J connectivity index is 4.84. The lowest BCUT2D eigenvalue weighted by molar-refractivity contribution is 0.0705. The maximum absolute atomic E-state index is 8.76. The fourth-order valence-corrected chi connectivity index (χ4v) is 2.33. The zero-order valence-electron chi connectivity index (χ0n) is 11.6. The summed E-state index contributed by atoms with van der Waals surface area (Å²) in [4.78, 5) is 2.26. The average Bonchev–Trinajstić information content (AvgIpc) is 2.15. The Morgan fingerprint density at radius 2 is 1.88 bits per heavy atom. The number of hydrogen-bond donors (Lipinski definition) is 1. The topological polar surface area (TPSA) is 53.0 Å². The van der Waals surface area contributed by atoms with Crippen LogP contribution in [-0.4, -0.2) is 30.1 Å². The molecule has 3 unspecified atom stereocenters. The van der Waals surface area contributed by atoms with Gasteiger partial charge in [-0.1, -0.05) is 27.7 Å². The summed E-state index contributed by atoms with van der Waals surface area (Å²) in [6.45, 7) is 10.8. The summed E-state index contributed by atoms with van der Waals surface area (Å²) in [5.74, 6) is 0. The molecule has 16 heavy (non-hydrogen) atoms. The average molecular weight is 225 g/mol. The minimum absolute atomic E-state index is 0.133. The maximum Gasteiger partial charge on any atom is 0.0638 e. The second kappa shape index (κ2) is 6.22. The molecular weight excluding hydrogens is 198 g/mol. The maximum atomic E-state index is 8.76. The smallest absolute Gasteiger partial charge is 0.0638 e. The molecule has 94 valence electrons. The first kappa shape index (κ1) is 15.4. The van der Waals surface area contributed by atoms with E-state index in [9.17, 15) is 0 Å². The number of likely N-dealkylation sites (N-methyl/N-ethyl adjacent to an activating group) is 1. The lowest BCUT2D eigenvalue weighted by Gasteiger charge is -2.44. The van der Waals surface area contributed by atoms with Gasteiger partial charge < -0.3 is 5.73 Å². The van der Waals surface area contributed by atoms with E-state index in [4.69, 9.17) is 11.0 Å². The molecule has 0 radical (unpaired) electrons. The summed E-state index contributed by atoms with van der Waals surface area (Å²) in [7, 11) is 2.08. The fraction of sp³-hybridized carbons (Fsp3) is 0.923. The lowest BCUT2D eigenvalue weighted by Crippen LogP contribution is -2.55. The molecule has 2 N–H and O–H groups in total. The summed E-state index contributed by atoms with van der Waals surface area (Å²) in [6, 6.07) is 2.95. The number of rotatable bonds is 5. The van der Waals surface area contributed by atoms with Gasteiger partial charge in [-0.15, -0.1) is 0 Å². The molecule has 0 saturated heterocycles. The summed E-state index contributed by atoms with van der Waals surface area (Å²) < 4.78 is 0. The first-order valence-electron chi connectivity index (χ1n) is 6.10. The van der Waals surface area contributed by atoms with Crippen molar-refractivity contribution in [1.29, 1.82) is 5.26 Å². The van der Waals surface area contributed by atoms with E-state index in [2.05, 4.69) is 52.6 Å². The molecule has 0 aliphatic rings. The molecule has 0 aromatic rings. The van der Waals surface area contributed by atoms with Gasteiger partial charge in [0.15, 0.2) is 0 Å². The Morgan fingerprint density at radius 1 is 1.38 bits per heavy atom. The van der Waals surface area contributed by atoms with E-state index in [1.165, 1.54) is 0 Å². The van der Waals surface area contributed by atoms with Crippen LogP contribution in [0.2, 0.25) is 0 Å². The van der Waals surface area contributed by atoms with Crippen molar-refractivity contribution < 1.29 is 0 Å². The van der Waals surface area contributed by atoms with Crippen LogP contribution in [0.15, 0.2) is 0 Å². The van der Waals surface area contributed by atoms with Crippen LogP contribution in [0.1, 0.15) is 47.5 Å². The number of nitrogens with two attached hydrogens (primary N) is 1. The Kier molecular flexibility index (Phi) is 5.99. The Hall–Kier alpha value is -0.590. The molecule has 0 aromatic carbocycles. The molecule has 0 aliphatic carbocycles. The molecule has 0 aliphatic heterocycles. The van der Waals surface area contributed by atoms with Gasteiger partial charge in [0.05, 0.1) is 12.5 Å². The molecule has 3 heteroatoms. The Bertz CT molecular complexity index is 237. The summed E-state index contributed by atoms with van der Waals surface area (Å²) in [6.07, 6.45) is 1.52. The van der Waals surface area contributed by atoms with Crippen molar-refractivity contribution in [1.82, 2.24) is 4.90 Å². The second-order valence-electron chi connectivity index (χ2n) is 5.76. The van der Waals surface area contributed by atoms with Crippen molar-refractivity contribution in [2.24, 2.45) is 11.1 Å². The fourth-order valence-electron chi connectivity index (χ4n) is 2.33. The van der Waals surface area contributed by atoms with Gasteiger partial charge in [0.25, 0.3) is 0 Å². The first-order valence-corrected chi connectivity index (χ1v) is 6.10. The van der Waals surface area contributed by atoms with Crippen LogP contribution in [0.5, 0.6) is 0 Å². The van der Waals surface area contributed by atoms with Gasteiger partial charge in [0.2, 0.25) is 0 Å². The van der Waals surface area contributed by atoms with Crippen LogP contribution < -0.4 is 5.73 Å². The van der Waals surface area contributed by atoms with E-state index in [1.807, 2.05) is 0 Å². The van der Waals surface area contributed by atoms with Gasteiger partial charge in [0, 0.05) is 18.1 Å². The van der Waals surface area contributed by atoms with Crippen LogP contribution in [0.3, 0.4) is 0 Å². The summed E-state index contributed by atoms with van der Waals surface area (Å²) >= 11 is 0. The zero-order chi connectivity index (χ0) is 12.9. The van der Waals surface area contributed by atoms with Crippen LogP contribution >= 0.6 is 0 Å². The first-order chi connectivity index (χ1) is 7.25. The predicted molar refractivity (Wildman–Crippen MR) is 69.0 cm³/mol. The van der Waals surface area contributed by atoms with Gasteiger partial charge in [0.1, 0.15) is 0 Å². The van der Waals surface area contributed by atoms with Crippen molar-refractivity contribution in [3.63, 3.8) is 0 Å². The van der Waals surface area contributed by atoms with Gasteiger partial charge in [-0.05, 0) is 25.8 Å². The molecular formula is C13H27N3. The number of nitrogens with zero attached hydrogens (tertiary/aromatic N) is 2. The zero-order valence-corrected chi connectivity index (χ0v) is 11.6. The molecule has 0 rings (SSSR count). The quantitative estimate of drug-likeness (QED) is 0.781. The molecule has 0 spiro atoms. The summed E-state index contributed by atoms with van der Waals surface area (Å²) in [5, 5.41) is 8.76. The van der Waals surface area contributed by atoms with Crippen molar-refractivity contribution in [2.75, 3.05) is 7.05 Å². The summed E-state index contributed by atoms with van der Waals surface area (Å²) in [5.41, 5.74) is 6.35. The van der Waals surface area contributed by atoms with E-state index < -0.39 is 0 Å². The van der Waals surface area contributed by atoms with Gasteiger partial charge >= 0.3 is 0 Å². The standard InChI is InChI=1S/C13H27N3/c1-7-11(15)12(13(3,4)5)16(6)10(2)8-9-14/h10-12H,7-8,15H2,1-6H3. The van der Waals surface area contributed by atoms with Crippen molar-refractivity contribution in [3.8, 4) is 6.07 Å². The normalized spacial score (nSPS) is 17.9. The third kappa shape index (κ3) is 4.11. The minimum atomic E-state index is 0.133. The molecule has 3 atom stereocenters. The third-order valence-corrected chi connectivity index (χ3v) is 3.28. The Morgan fingerprint density at radius 3 is 2.19 bits per heavy atom. The van der Waals surface area contributed by atoms with E-state index in [-0.39, 0.29) is 17.5 Å². The lowest BCUT2D eigenvalue weighted by atomic mass is 9.80. The highest BCUT2D eigenvalue weighted by atomic mass is 15.2. The van der Waals surface area contributed by atoms with Crippen LogP contribution in [0.4, 0.5) is 0 Å². The molecule has 0 saturated carbocycles. The van der Waals surface area contributed by atoms with E-state index >= 15 is 0 Å². The highest BCUT2D eigenvalue weighted by molar-refractivity contribution is 4.92. The Labute approximate surface area is 101 Å². The molecule has 0 bridgehead atoms. The molecule has 0 fully saturated rings. The molecule has 0 amide bonds. The van der Waals surface area contributed by atoms with E-state index in [0.717, 1.165) is 6.42 Å². The second-order valence-corrected chi connectivity index (χ2v) is 5.76. The largest absolute Gasteiger partial charge is 0.326 e. The highest BCUT2D eigenvalue weighted by Gasteiger charge is 2.34. The molecule has 3 nitrogen and oxygen atoms in total. The van der Waals surface area contributed by atoms with Crippen LogP contribution in [-0.2, 0) is 0 Å². The van der Waals surface area contributed by atoms with Crippen molar-refractivity contribution >= 4 is 0 Å². The monoisotopic (exact) mass is 225 g/mol. The molecule has 0 aromatic heterocycles. The number of nitriles is 1. The predicted octanol–water partition coefficient (Wildman–Crippen LogP) is 2.37. The van der Waals surface area contributed by atoms with Gasteiger partial charge in [-0.3, -0.25) is 4.90 Å².